The minimum Gasteiger partial charge on any atom is -0.0616 e. The summed E-state index contributed by atoms with van der Waals surface area (Å²) in [6, 6.07) is 71.4. The van der Waals surface area contributed by atoms with Gasteiger partial charge in [0, 0.05) is 0 Å². The van der Waals surface area contributed by atoms with Crippen LogP contribution in [0.4, 0.5) is 0 Å². The molecule has 0 bridgehead atoms. The van der Waals surface area contributed by atoms with Crippen LogP contribution in [0.2, 0.25) is 0 Å². The smallest absolute Gasteiger partial charge is 0.00262 e. The van der Waals surface area contributed by atoms with Gasteiger partial charge in [0.1, 0.15) is 0 Å². The van der Waals surface area contributed by atoms with E-state index < -0.39 is 0 Å². The van der Waals surface area contributed by atoms with Gasteiger partial charge >= 0.3 is 0 Å². The van der Waals surface area contributed by atoms with Crippen molar-refractivity contribution in [2.24, 2.45) is 0 Å². The maximum Gasteiger partial charge on any atom is -0.00262 e. The number of hydrogen-bond donors (Lipinski definition) is 0. The molecule has 0 spiro atoms. The molecule has 0 radical (unpaired) electrons. The van der Waals surface area contributed by atoms with E-state index in [9.17, 15) is 0 Å². The Morgan fingerprint density at radius 3 is 1.30 bits per heavy atom. The predicted molar refractivity (Wildman–Crippen MR) is 216 cm³/mol. The quantitative estimate of drug-likeness (QED) is 0.169. The first-order valence-corrected chi connectivity index (χ1v) is 17.4. The lowest BCUT2D eigenvalue weighted by atomic mass is 9.84. The molecule has 0 fully saturated rings. The highest BCUT2D eigenvalue weighted by Gasteiger charge is 2.19. The minimum absolute atomic E-state index is 1.22. The third-order valence-corrected chi connectivity index (χ3v) is 10.4. The molecule has 0 aliphatic heterocycles. The van der Waals surface area contributed by atoms with Crippen molar-refractivity contribution in [2.45, 2.75) is 0 Å². The predicted octanol–water partition coefficient (Wildman–Crippen LogP) is 14.1. The summed E-state index contributed by atoms with van der Waals surface area (Å²) in [5.74, 6) is 0. The van der Waals surface area contributed by atoms with Crippen LogP contribution < -0.4 is 0 Å². The summed E-state index contributed by atoms with van der Waals surface area (Å²) in [6.07, 6.45) is 0. The van der Waals surface area contributed by atoms with Crippen molar-refractivity contribution in [3.8, 4) is 44.5 Å². The Labute approximate surface area is 291 Å². The fourth-order valence-electron chi connectivity index (χ4n) is 8.19. The lowest BCUT2D eigenvalue weighted by molar-refractivity contribution is 1.62. The zero-order chi connectivity index (χ0) is 33.0. The van der Waals surface area contributed by atoms with E-state index >= 15 is 0 Å². The Kier molecular flexibility index (Phi) is 6.60. The first-order chi connectivity index (χ1) is 24.8. The lowest BCUT2D eigenvalue weighted by Gasteiger charge is -2.19. The average Bonchev–Trinajstić information content (AvgIpc) is 3.19. The van der Waals surface area contributed by atoms with E-state index in [4.69, 9.17) is 0 Å². The molecule has 50 heavy (non-hydrogen) atoms. The van der Waals surface area contributed by atoms with Gasteiger partial charge in [-0.3, -0.25) is 0 Å². The summed E-state index contributed by atoms with van der Waals surface area (Å²) in [7, 11) is 0. The highest BCUT2D eigenvalue weighted by Crippen LogP contribution is 2.46. The van der Waals surface area contributed by atoms with Crippen molar-refractivity contribution in [3.05, 3.63) is 194 Å². The summed E-state index contributed by atoms with van der Waals surface area (Å²) in [5, 5.41) is 12.6. The number of fused-ring (bicyclic) bond motifs is 5. The van der Waals surface area contributed by atoms with Crippen LogP contribution in [0, 0.1) is 0 Å². The molecule has 10 aromatic rings. The largest absolute Gasteiger partial charge is 0.0616 e. The van der Waals surface area contributed by atoms with Gasteiger partial charge in [-0.2, -0.15) is 0 Å². The van der Waals surface area contributed by atoms with E-state index in [1.54, 1.807) is 0 Å². The number of hydrogen-bond acceptors (Lipinski definition) is 0. The maximum absolute atomic E-state index is 2.42. The third kappa shape index (κ3) is 4.54. The summed E-state index contributed by atoms with van der Waals surface area (Å²) >= 11 is 0. The van der Waals surface area contributed by atoms with Gasteiger partial charge in [-0.25, -0.2) is 0 Å². The molecule has 0 nitrogen and oxygen atoms in total. The van der Waals surface area contributed by atoms with Gasteiger partial charge in [-0.05, 0) is 111 Å². The summed E-state index contributed by atoms with van der Waals surface area (Å²) < 4.78 is 0. The van der Waals surface area contributed by atoms with E-state index in [0.717, 1.165) is 0 Å². The Hall–Kier alpha value is -6.50. The normalized spacial score (nSPS) is 11.6. The van der Waals surface area contributed by atoms with Gasteiger partial charge in [0.05, 0.1) is 0 Å². The summed E-state index contributed by atoms with van der Waals surface area (Å²) in [4.78, 5) is 0. The molecule has 0 heteroatoms. The molecule has 10 rings (SSSR count). The zero-order valence-electron chi connectivity index (χ0n) is 27.5. The second-order valence-corrected chi connectivity index (χ2v) is 13.2. The van der Waals surface area contributed by atoms with Gasteiger partial charge in [-0.15, -0.1) is 0 Å². The second kappa shape index (κ2) is 11.6. The van der Waals surface area contributed by atoms with Gasteiger partial charge in [0.25, 0.3) is 0 Å². The van der Waals surface area contributed by atoms with Gasteiger partial charge < -0.3 is 0 Å². The fraction of sp³-hybridized carbons (Fsp3) is 0. The SMILES string of the molecule is c1cc(-c2c(-c3cccc4ccccc34)ccc3ccccc23)cc(-c2c3ccccc3c(-c3ccc4ccccc4c3)c3ccccc23)c1. The Morgan fingerprint density at radius 2 is 0.640 bits per heavy atom. The van der Waals surface area contributed by atoms with Crippen LogP contribution in [0.3, 0.4) is 0 Å². The Morgan fingerprint density at radius 1 is 0.200 bits per heavy atom. The molecule has 232 valence electrons. The molecule has 0 saturated carbocycles. The van der Waals surface area contributed by atoms with E-state index in [1.807, 2.05) is 0 Å². The fourth-order valence-corrected chi connectivity index (χ4v) is 8.19. The van der Waals surface area contributed by atoms with Crippen LogP contribution in [-0.4, -0.2) is 0 Å². The molecular weight excluding hydrogens is 601 g/mol. The molecule has 0 unspecified atom stereocenters. The number of rotatable bonds is 4. The van der Waals surface area contributed by atoms with Crippen LogP contribution in [0.5, 0.6) is 0 Å². The zero-order valence-corrected chi connectivity index (χ0v) is 27.5. The molecule has 0 amide bonds. The average molecular weight is 633 g/mol. The van der Waals surface area contributed by atoms with Crippen molar-refractivity contribution in [2.75, 3.05) is 0 Å². The Bertz CT molecular complexity index is 2860. The third-order valence-electron chi connectivity index (χ3n) is 10.4. The highest BCUT2D eigenvalue weighted by molar-refractivity contribution is 6.22. The highest BCUT2D eigenvalue weighted by atomic mass is 14.2. The molecule has 0 N–H and O–H groups in total. The first-order valence-electron chi connectivity index (χ1n) is 17.4. The monoisotopic (exact) mass is 632 g/mol. The second-order valence-electron chi connectivity index (χ2n) is 13.2. The van der Waals surface area contributed by atoms with Crippen LogP contribution >= 0.6 is 0 Å². The molecule has 0 aliphatic carbocycles. The lowest BCUT2D eigenvalue weighted by Crippen LogP contribution is -1.92. The number of benzene rings is 10. The molecule has 0 aromatic heterocycles. The van der Waals surface area contributed by atoms with Gasteiger partial charge in [0.2, 0.25) is 0 Å². The van der Waals surface area contributed by atoms with E-state index in [2.05, 4.69) is 194 Å². The van der Waals surface area contributed by atoms with Crippen molar-refractivity contribution in [1.29, 1.82) is 0 Å². The van der Waals surface area contributed by atoms with Gasteiger partial charge in [-0.1, -0.05) is 182 Å². The van der Waals surface area contributed by atoms with Gasteiger partial charge in [0.15, 0.2) is 0 Å². The van der Waals surface area contributed by atoms with Crippen LogP contribution in [0.1, 0.15) is 0 Å². The Balaban J connectivity index is 1.25. The van der Waals surface area contributed by atoms with Crippen molar-refractivity contribution in [1.82, 2.24) is 0 Å². The molecule has 0 heterocycles. The molecule has 0 atom stereocenters. The van der Waals surface area contributed by atoms with Crippen LogP contribution in [-0.2, 0) is 0 Å². The summed E-state index contributed by atoms with van der Waals surface area (Å²) in [6.45, 7) is 0. The van der Waals surface area contributed by atoms with E-state index in [1.165, 1.54) is 98.4 Å². The maximum atomic E-state index is 2.42. The topological polar surface area (TPSA) is 0 Å². The standard InChI is InChI=1S/C50H32/c1-2-16-36-31-39(28-27-33(36)13-1)50-45-24-9-7-22-43(45)49(44-23-8-10-25-46(44)50)38-19-11-18-37(32-38)48-41-21-6-4-15-35(41)29-30-47(48)42-26-12-17-34-14-3-5-20-40(34)42/h1-32H. The molecule has 10 aromatic carbocycles. The van der Waals surface area contributed by atoms with Crippen LogP contribution in [0.25, 0.3) is 98.4 Å². The van der Waals surface area contributed by atoms with Crippen molar-refractivity contribution >= 4 is 53.9 Å². The molecule has 0 saturated heterocycles. The molecular formula is C50H32. The van der Waals surface area contributed by atoms with E-state index in [0.29, 0.717) is 0 Å². The summed E-state index contributed by atoms with van der Waals surface area (Å²) in [5.41, 5.74) is 10.0. The molecule has 0 aliphatic rings. The van der Waals surface area contributed by atoms with Crippen molar-refractivity contribution < 1.29 is 0 Å². The van der Waals surface area contributed by atoms with Crippen molar-refractivity contribution in [3.63, 3.8) is 0 Å². The van der Waals surface area contributed by atoms with Crippen LogP contribution in [0.15, 0.2) is 194 Å². The van der Waals surface area contributed by atoms with E-state index in [-0.39, 0.29) is 0 Å². The minimum atomic E-state index is 1.22. The first kappa shape index (κ1) is 28.5.